The second kappa shape index (κ2) is 7.81. The number of carbonyl (C=O) groups excluding carboxylic acids is 1. The van der Waals surface area contributed by atoms with Gasteiger partial charge >= 0.3 is 6.36 Å². The van der Waals surface area contributed by atoms with E-state index in [1.54, 1.807) is 17.9 Å². The lowest BCUT2D eigenvalue weighted by Crippen LogP contribution is -2.36. The highest BCUT2D eigenvalue weighted by Crippen LogP contribution is 2.25. The third-order valence-corrected chi connectivity index (χ3v) is 4.06. The van der Waals surface area contributed by atoms with Gasteiger partial charge in [-0.2, -0.15) is 0 Å². The number of piperidine rings is 1. The van der Waals surface area contributed by atoms with E-state index in [-0.39, 0.29) is 11.7 Å². The molecule has 0 atom stereocenters. The average Bonchev–Trinajstić information content (AvgIpc) is 2.62. The Hall–Kier alpha value is -2.84. The third kappa shape index (κ3) is 5.32. The van der Waals surface area contributed by atoms with E-state index in [9.17, 15) is 18.0 Å². The van der Waals surface area contributed by atoms with E-state index in [0.29, 0.717) is 36.1 Å². The van der Waals surface area contributed by atoms with Gasteiger partial charge in [0.2, 0.25) is 0 Å². The zero-order chi connectivity index (χ0) is 19.4. The Morgan fingerprint density at radius 1 is 1.11 bits per heavy atom. The number of amides is 1. The Morgan fingerprint density at radius 2 is 1.78 bits per heavy atom. The maximum Gasteiger partial charge on any atom is 0.573 e. The lowest BCUT2D eigenvalue weighted by Gasteiger charge is -2.26. The van der Waals surface area contributed by atoms with Crippen molar-refractivity contribution in [1.82, 2.24) is 14.9 Å². The van der Waals surface area contributed by atoms with Crippen LogP contribution in [0.25, 0.3) is 0 Å². The highest BCUT2D eigenvalue weighted by Gasteiger charge is 2.31. The zero-order valence-corrected chi connectivity index (χ0v) is 14.7. The van der Waals surface area contributed by atoms with E-state index in [1.807, 2.05) is 0 Å². The molecule has 1 amide bonds. The molecular weight excluding hydrogens is 361 g/mol. The van der Waals surface area contributed by atoms with Gasteiger partial charge in [0, 0.05) is 24.8 Å². The van der Waals surface area contributed by atoms with E-state index in [2.05, 4.69) is 20.0 Å². The fourth-order valence-corrected chi connectivity index (χ4v) is 2.89. The number of likely N-dealkylation sites (tertiary alicyclic amines) is 1. The van der Waals surface area contributed by atoms with Gasteiger partial charge in [-0.15, -0.1) is 13.2 Å². The Bertz CT molecular complexity index is 803. The van der Waals surface area contributed by atoms with Gasteiger partial charge in [-0.05, 0) is 50.5 Å². The van der Waals surface area contributed by atoms with E-state index >= 15 is 0 Å². The van der Waals surface area contributed by atoms with Crippen molar-refractivity contribution in [1.29, 1.82) is 0 Å². The lowest BCUT2D eigenvalue weighted by atomic mass is 10.1. The minimum Gasteiger partial charge on any atom is -0.406 e. The first-order chi connectivity index (χ1) is 12.8. The van der Waals surface area contributed by atoms with Crippen LogP contribution in [0, 0.1) is 6.92 Å². The van der Waals surface area contributed by atoms with Gasteiger partial charge in [-0.25, -0.2) is 9.97 Å². The number of anilines is 2. The second-order valence-corrected chi connectivity index (χ2v) is 6.24. The smallest absolute Gasteiger partial charge is 0.406 e. The summed E-state index contributed by atoms with van der Waals surface area (Å²) in [5.74, 6) is 0.370. The van der Waals surface area contributed by atoms with Crippen LogP contribution >= 0.6 is 0 Å². The molecule has 2 heterocycles. The first-order valence-corrected chi connectivity index (χ1v) is 8.58. The molecular formula is C18H19F3N4O2. The normalized spacial score (nSPS) is 14.7. The predicted octanol–water partition coefficient (Wildman–Crippen LogP) is 4.05. The number of aryl methyl sites for hydroxylation is 1. The monoisotopic (exact) mass is 380 g/mol. The van der Waals surface area contributed by atoms with E-state index in [1.165, 1.54) is 24.3 Å². The number of halogens is 3. The van der Waals surface area contributed by atoms with Crippen LogP contribution in [0.3, 0.4) is 0 Å². The number of nitrogens with zero attached hydrogens (tertiary/aromatic N) is 3. The molecule has 0 aliphatic carbocycles. The topological polar surface area (TPSA) is 67.4 Å². The minimum atomic E-state index is -4.73. The van der Waals surface area contributed by atoms with E-state index in [0.717, 1.165) is 19.3 Å². The molecule has 1 N–H and O–H groups in total. The van der Waals surface area contributed by atoms with Crippen LogP contribution < -0.4 is 10.1 Å². The molecule has 6 nitrogen and oxygen atoms in total. The molecule has 0 unspecified atom stereocenters. The largest absolute Gasteiger partial charge is 0.573 e. The summed E-state index contributed by atoms with van der Waals surface area (Å²) < 4.78 is 40.5. The molecule has 3 rings (SSSR count). The first kappa shape index (κ1) is 18.9. The Morgan fingerprint density at radius 3 is 2.41 bits per heavy atom. The summed E-state index contributed by atoms with van der Waals surface area (Å²) in [5, 5.41) is 2.97. The highest BCUT2D eigenvalue weighted by molar-refractivity contribution is 5.93. The van der Waals surface area contributed by atoms with Gasteiger partial charge in [0.1, 0.15) is 23.1 Å². The zero-order valence-electron chi connectivity index (χ0n) is 14.7. The van der Waals surface area contributed by atoms with Crippen molar-refractivity contribution >= 4 is 17.4 Å². The molecule has 1 aromatic heterocycles. The molecule has 1 aromatic carbocycles. The van der Waals surface area contributed by atoms with Crippen LogP contribution in [0.5, 0.6) is 5.75 Å². The summed E-state index contributed by atoms with van der Waals surface area (Å²) >= 11 is 0. The molecule has 0 saturated carbocycles. The number of ether oxygens (including phenoxy) is 1. The number of aromatic nitrogens is 2. The SMILES string of the molecule is Cc1nc(Nc2ccc(OC(F)(F)F)cc2)cc(C(=O)N2CCCCC2)n1. The molecule has 1 aliphatic rings. The summed E-state index contributed by atoms with van der Waals surface area (Å²) in [5.41, 5.74) is 0.808. The fraction of sp³-hybridized carbons (Fsp3) is 0.389. The van der Waals surface area contributed by atoms with Crippen molar-refractivity contribution in [3.8, 4) is 5.75 Å². The van der Waals surface area contributed by atoms with Crippen molar-refractivity contribution in [2.24, 2.45) is 0 Å². The van der Waals surface area contributed by atoms with Gasteiger partial charge < -0.3 is 15.0 Å². The second-order valence-electron chi connectivity index (χ2n) is 6.24. The van der Waals surface area contributed by atoms with Crippen molar-refractivity contribution in [3.05, 3.63) is 41.9 Å². The quantitative estimate of drug-likeness (QED) is 0.867. The number of carbonyl (C=O) groups is 1. The Balaban J connectivity index is 1.73. The molecule has 2 aromatic rings. The highest BCUT2D eigenvalue weighted by atomic mass is 19.4. The average molecular weight is 380 g/mol. The lowest BCUT2D eigenvalue weighted by molar-refractivity contribution is -0.274. The number of benzene rings is 1. The van der Waals surface area contributed by atoms with Gasteiger partial charge in [-0.1, -0.05) is 0 Å². The van der Waals surface area contributed by atoms with E-state index in [4.69, 9.17) is 0 Å². The van der Waals surface area contributed by atoms with Crippen LogP contribution in [-0.2, 0) is 0 Å². The van der Waals surface area contributed by atoms with Crippen molar-refractivity contribution in [3.63, 3.8) is 0 Å². The third-order valence-electron chi connectivity index (χ3n) is 4.06. The standard InChI is InChI=1S/C18H19F3N4O2/c1-12-22-15(17(26)25-9-3-2-4-10-25)11-16(23-12)24-13-5-7-14(8-6-13)27-18(19,20)21/h5-8,11H,2-4,9-10H2,1H3,(H,22,23,24). The summed E-state index contributed by atoms with van der Waals surface area (Å²) in [6, 6.07) is 6.81. The molecule has 144 valence electrons. The molecule has 27 heavy (non-hydrogen) atoms. The summed E-state index contributed by atoms with van der Waals surface area (Å²) in [6.07, 6.45) is -1.66. The van der Waals surface area contributed by atoms with Crippen LogP contribution in [0.4, 0.5) is 24.7 Å². The number of hydrogen-bond donors (Lipinski definition) is 1. The van der Waals surface area contributed by atoms with Gasteiger partial charge in [-0.3, -0.25) is 4.79 Å². The van der Waals surface area contributed by atoms with Crippen LogP contribution in [0.15, 0.2) is 30.3 Å². The first-order valence-electron chi connectivity index (χ1n) is 8.58. The summed E-state index contributed by atoms with van der Waals surface area (Å²) in [7, 11) is 0. The molecule has 0 bridgehead atoms. The Kier molecular flexibility index (Phi) is 5.48. The fourth-order valence-electron chi connectivity index (χ4n) is 2.89. The van der Waals surface area contributed by atoms with Crippen molar-refractivity contribution in [2.45, 2.75) is 32.5 Å². The van der Waals surface area contributed by atoms with Crippen LogP contribution in [0.1, 0.15) is 35.6 Å². The molecule has 1 fully saturated rings. The molecule has 1 aliphatic heterocycles. The number of hydrogen-bond acceptors (Lipinski definition) is 5. The molecule has 0 radical (unpaired) electrons. The van der Waals surface area contributed by atoms with Crippen molar-refractivity contribution < 1.29 is 22.7 Å². The maximum absolute atomic E-state index is 12.6. The van der Waals surface area contributed by atoms with Crippen molar-refractivity contribution in [2.75, 3.05) is 18.4 Å². The number of rotatable bonds is 4. The molecule has 0 spiro atoms. The maximum atomic E-state index is 12.6. The minimum absolute atomic E-state index is 0.142. The summed E-state index contributed by atoms with van der Waals surface area (Å²) in [6.45, 7) is 3.11. The van der Waals surface area contributed by atoms with Gasteiger partial charge in [0.25, 0.3) is 5.91 Å². The van der Waals surface area contributed by atoms with Gasteiger partial charge in [0.05, 0.1) is 0 Å². The summed E-state index contributed by atoms with van der Waals surface area (Å²) in [4.78, 5) is 22.8. The van der Waals surface area contributed by atoms with Gasteiger partial charge in [0.15, 0.2) is 0 Å². The molecule has 9 heteroatoms. The predicted molar refractivity (Wildman–Crippen MR) is 92.9 cm³/mol. The Labute approximate surface area is 154 Å². The van der Waals surface area contributed by atoms with Crippen LogP contribution in [0.2, 0.25) is 0 Å². The van der Waals surface area contributed by atoms with Crippen LogP contribution in [-0.4, -0.2) is 40.2 Å². The number of nitrogens with one attached hydrogen (secondary N) is 1. The van der Waals surface area contributed by atoms with E-state index < -0.39 is 6.36 Å². The molecule has 1 saturated heterocycles. The number of alkyl halides is 3.